The Morgan fingerprint density at radius 2 is 1.94 bits per heavy atom. The van der Waals surface area contributed by atoms with Crippen molar-refractivity contribution in [3.63, 3.8) is 0 Å². The number of ether oxygens (including phenoxy) is 1. The van der Waals surface area contributed by atoms with Gasteiger partial charge < -0.3 is 4.74 Å². The molecular weight excluding hydrogens is 264 g/mol. The summed E-state index contributed by atoms with van der Waals surface area (Å²) >= 11 is 3.44. The summed E-state index contributed by atoms with van der Waals surface area (Å²) < 4.78 is 6.31. The van der Waals surface area contributed by atoms with Crippen molar-refractivity contribution in [2.45, 2.75) is 69.5 Å². The minimum absolute atomic E-state index is 0.298. The van der Waals surface area contributed by atoms with Gasteiger partial charge in [0, 0.05) is 5.33 Å². The fourth-order valence-electron chi connectivity index (χ4n) is 3.05. The van der Waals surface area contributed by atoms with Crippen molar-refractivity contribution in [1.82, 2.24) is 0 Å². The largest absolute Gasteiger partial charge is 0.371 e. The molecule has 2 heteroatoms. The first-order chi connectivity index (χ1) is 7.85. The van der Waals surface area contributed by atoms with Gasteiger partial charge in [0.15, 0.2) is 0 Å². The molecule has 0 aromatic carbocycles. The molecule has 1 unspecified atom stereocenters. The van der Waals surface area contributed by atoms with Gasteiger partial charge in [-0.3, -0.25) is 0 Å². The van der Waals surface area contributed by atoms with Crippen molar-refractivity contribution >= 4 is 15.9 Å². The number of hydrogen-bond acceptors (Lipinski definition) is 1. The van der Waals surface area contributed by atoms with Crippen LogP contribution < -0.4 is 0 Å². The van der Waals surface area contributed by atoms with E-state index in [-0.39, 0.29) is 0 Å². The van der Waals surface area contributed by atoms with Crippen LogP contribution >= 0.6 is 15.9 Å². The first-order valence-electron chi connectivity index (χ1n) is 6.73. The normalized spacial score (nSPS) is 29.2. The predicted molar refractivity (Wildman–Crippen MR) is 72.1 cm³/mol. The molecule has 92 valence electrons. The van der Waals surface area contributed by atoms with Crippen molar-refractivity contribution in [3.8, 4) is 0 Å². The summed E-state index contributed by atoms with van der Waals surface area (Å²) in [6, 6.07) is 0. The van der Waals surface area contributed by atoms with E-state index in [0.717, 1.165) is 18.2 Å². The average molecular weight is 287 g/mol. The minimum atomic E-state index is 0.298. The van der Waals surface area contributed by atoms with E-state index in [1.54, 1.807) is 0 Å². The topological polar surface area (TPSA) is 9.23 Å². The quantitative estimate of drug-likeness (QED) is 0.542. The maximum atomic E-state index is 6.31. The van der Waals surface area contributed by atoms with Crippen LogP contribution in [0.1, 0.15) is 57.8 Å². The second kappa shape index (κ2) is 6.20. The molecule has 0 aromatic rings. The van der Waals surface area contributed by atoms with Crippen LogP contribution in [0.3, 0.4) is 0 Å². The minimum Gasteiger partial charge on any atom is -0.371 e. The Kier molecular flexibility index (Phi) is 4.90. The molecule has 1 saturated carbocycles. The Hall–Kier alpha value is 0.180. The third kappa shape index (κ3) is 3.33. The second-order valence-electron chi connectivity index (χ2n) is 5.21. The molecule has 1 aliphatic carbocycles. The van der Waals surface area contributed by atoms with E-state index in [0.29, 0.717) is 11.7 Å². The third-order valence-electron chi connectivity index (χ3n) is 3.94. The van der Waals surface area contributed by atoms with Crippen LogP contribution in [0.15, 0.2) is 12.2 Å². The lowest BCUT2D eigenvalue weighted by Crippen LogP contribution is -2.31. The van der Waals surface area contributed by atoms with Gasteiger partial charge in [0.2, 0.25) is 0 Å². The Labute approximate surface area is 108 Å². The molecule has 0 bridgehead atoms. The van der Waals surface area contributed by atoms with E-state index in [1.807, 2.05) is 0 Å². The molecule has 0 radical (unpaired) electrons. The summed E-state index contributed by atoms with van der Waals surface area (Å²) in [4.78, 5) is 0. The van der Waals surface area contributed by atoms with Crippen molar-refractivity contribution < 1.29 is 4.74 Å². The zero-order valence-electron chi connectivity index (χ0n) is 10.1. The number of alkyl halides is 1. The van der Waals surface area contributed by atoms with Crippen molar-refractivity contribution in [2.75, 3.05) is 5.33 Å². The Balaban J connectivity index is 1.74. The highest BCUT2D eigenvalue weighted by molar-refractivity contribution is 9.09. The Morgan fingerprint density at radius 1 is 1.12 bits per heavy atom. The Morgan fingerprint density at radius 3 is 2.69 bits per heavy atom. The maximum absolute atomic E-state index is 6.31. The lowest BCUT2D eigenvalue weighted by atomic mass is 9.83. The van der Waals surface area contributed by atoms with Crippen LogP contribution in [0.2, 0.25) is 0 Å². The number of hydrogen-bond donors (Lipinski definition) is 0. The van der Waals surface area contributed by atoms with Crippen LogP contribution in [0, 0.1) is 0 Å². The lowest BCUT2D eigenvalue weighted by Gasteiger charge is -2.33. The molecule has 1 atom stereocenters. The van der Waals surface area contributed by atoms with Gasteiger partial charge in [0.05, 0.1) is 11.7 Å². The van der Waals surface area contributed by atoms with Crippen LogP contribution in [-0.4, -0.2) is 17.0 Å². The van der Waals surface area contributed by atoms with Gasteiger partial charge in [-0.15, -0.1) is 0 Å². The highest BCUT2D eigenvalue weighted by atomic mass is 79.9. The molecule has 0 N–H and O–H groups in total. The van der Waals surface area contributed by atoms with Gasteiger partial charge in [-0.25, -0.2) is 0 Å². The summed E-state index contributed by atoms with van der Waals surface area (Å²) in [5.41, 5.74) is 0.298. The zero-order valence-corrected chi connectivity index (χ0v) is 11.7. The maximum Gasteiger partial charge on any atom is 0.0687 e. The lowest BCUT2D eigenvalue weighted by molar-refractivity contribution is -0.0620. The smallest absolute Gasteiger partial charge is 0.0687 e. The summed E-state index contributed by atoms with van der Waals surface area (Å²) in [6.45, 7) is 0. The standard InChI is InChI=1S/C14H23BrO/c15-12-6-1-3-7-13-8-11-14(16-13)9-4-2-5-10-14/h1,3,13H,2,4-12H2/b3-1+. The molecule has 0 amide bonds. The molecule has 1 saturated heterocycles. The van der Waals surface area contributed by atoms with E-state index < -0.39 is 0 Å². The highest BCUT2D eigenvalue weighted by Gasteiger charge is 2.40. The highest BCUT2D eigenvalue weighted by Crippen LogP contribution is 2.42. The number of allylic oxidation sites excluding steroid dienone is 1. The molecule has 2 aliphatic rings. The van der Waals surface area contributed by atoms with Crippen molar-refractivity contribution in [3.05, 3.63) is 12.2 Å². The van der Waals surface area contributed by atoms with E-state index in [9.17, 15) is 0 Å². The summed E-state index contributed by atoms with van der Waals surface area (Å²) in [7, 11) is 0. The van der Waals surface area contributed by atoms with Gasteiger partial charge in [0.1, 0.15) is 0 Å². The van der Waals surface area contributed by atoms with Gasteiger partial charge in [-0.05, 0) is 38.5 Å². The summed E-state index contributed by atoms with van der Waals surface area (Å²) in [6.07, 6.45) is 16.7. The van der Waals surface area contributed by atoms with E-state index in [2.05, 4.69) is 28.1 Å². The van der Waals surface area contributed by atoms with Crippen LogP contribution in [-0.2, 0) is 4.74 Å². The fraction of sp³-hybridized carbons (Fsp3) is 0.857. The molecule has 0 aromatic heterocycles. The number of halogens is 1. The molecule has 1 heterocycles. The summed E-state index contributed by atoms with van der Waals surface area (Å²) in [5, 5.41) is 1.07. The molecule has 16 heavy (non-hydrogen) atoms. The van der Waals surface area contributed by atoms with Gasteiger partial charge >= 0.3 is 0 Å². The van der Waals surface area contributed by atoms with E-state index in [4.69, 9.17) is 4.74 Å². The molecule has 2 fully saturated rings. The van der Waals surface area contributed by atoms with Crippen molar-refractivity contribution in [1.29, 1.82) is 0 Å². The van der Waals surface area contributed by atoms with Crippen LogP contribution in [0.25, 0.3) is 0 Å². The van der Waals surface area contributed by atoms with E-state index >= 15 is 0 Å². The second-order valence-corrected chi connectivity index (χ2v) is 6.00. The monoisotopic (exact) mass is 286 g/mol. The first-order valence-corrected chi connectivity index (χ1v) is 7.86. The molecule has 1 nitrogen and oxygen atoms in total. The molecule has 2 rings (SSSR count). The third-order valence-corrected chi connectivity index (χ3v) is 4.40. The van der Waals surface area contributed by atoms with Crippen LogP contribution in [0.4, 0.5) is 0 Å². The summed E-state index contributed by atoms with van der Waals surface area (Å²) in [5.74, 6) is 0. The molecule has 1 aliphatic heterocycles. The molecule has 1 spiro atoms. The average Bonchev–Trinajstić information content (AvgIpc) is 2.69. The Bertz CT molecular complexity index is 231. The van der Waals surface area contributed by atoms with Gasteiger partial charge in [0.25, 0.3) is 0 Å². The number of rotatable bonds is 4. The van der Waals surface area contributed by atoms with Crippen molar-refractivity contribution in [2.24, 2.45) is 0 Å². The zero-order chi connectivity index (χ0) is 11.3. The van der Waals surface area contributed by atoms with Gasteiger partial charge in [-0.2, -0.15) is 0 Å². The SMILES string of the molecule is BrCC/C=C/CC1CCC2(CCCCC2)O1. The first kappa shape index (κ1) is 12.6. The van der Waals surface area contributed by atoms with Gasteiger partial charge in [-0.1, -0.05) is 47.3 Å². The van der Waals surface area contributed by atoms with Crippen LogP contribution in [0.5, 0.6) is 0 Å². The molecular formula is C14H23BrO. The van der Waals surface area contributed by atoms with E-state index in [1.165, 1.54) is 44.9 Å². The fourth-order valence-corrected chi connectivity index (χ4v) is 3.32. The predicted octanol–water partition coefficient (Wildman–Crippen LogP) is 4.60.